The third-order valence-corrected chi connectivity index (χ3v) is 6.00. The number of nitrogens with zero attached hydrogens (tertiary/aromatic N) is 5. The van der Waals surface area contributed by atoms with Crippen LogP contribution >= 0.6 is 23.4 Å². The molecule has 1 aromatic carbocycles. The molecule has 0 amide bonds. The van der Waals surface area contributed by atoms with E-state index in [9.17, 15) is 0 Å². The summed E-state index contributed by atoms with van der Waals surface area (Å²) in [5, 5.41) is 10.4. The molecule has 7 nitrogen and oxygen atoms in total. The summed E-state index contributed by atoms with van der Waals surface area (Å²) < 4.78 is 14.8. The Morgan fingerprint density at radius 3 is 2.71 bits per heavy atom. The van der Waals surface area contributed by atoms with E-state index < -0.39 is 0 Å². The summed E-state index contributed by atoms with van der Waals surface area (Å²) in [6, 6.07) is 15.3. The second-order valence-electron chi connectivity index (χ2n) is 6.83. The molecule has 0 aliphatic rings. The molecule has 31 heavy (non-hydrogen) atoms. The summed E-state index contributed by atoms with van der Waals surface area (Å²) in [6.45, 7) is 0.532. The Labute approximate surface area is 187 Å². The van der Waals surface area contributed by atoms with Crippen LogP contribution in [0, 0.1) is 0 Å². The lowest BCUT2D eigenvalue weighted by molar-refractivity contribution is 0.415. The van der Waals surface area contributed by atoms with E-state index in [1.54, 1.807) is 25.1 Å². The normalized spacial score (nSPS) is 11.3. The molecule has 4 aromatic heterocycles. The number of imidazole rings is 1. The number of hydrogen-bond donors (Lipinski definition) is 0. The van der Waals surface area contributed by atoms with Crippen molar-refractivity contribution in [2.75, 3.05) is 7.11 Å². The molecule has 9 heteroatoms. The van der Waals surface area contributed by atoms with Gasteiger partial charge in [-0.2, -0.15) is 0 Å². The van der Waals surface area contributed by atoms with E-state index in [1.165, 1.54) is 0 Å². The van der Waals surface area contributed by atoms with E-state index in [0.29, 0.717) is 17.3 Å². The molecular weight excluding hydrogens is 434 g/mol. The number of thioether (sulfide) groups is 1. The first kappa shape index (κ1) is 19.7. The molecule has 156 valence electrons. The standard InChI is InChI=1S/C22H18ClN5O2S/c1-29-18-7-4-15(5-8-18)21-25-26-22(28(21)13-19-3-2-10-30-19)31-14-17-12-27-11-16(23)6-9-20(27)24-17/h2-12H,13-14H2,1H3. The van der Waals surface area contributed by atoms with Crippen molar-refractivity contribution in [3.8, 4) is 17.1 Å². The summed E-state index contributed by atoms with van der Waals surface area (Å²) in [5.41, 5.74) is 2.75. The van der Waals surface area contributed by atoms with Gasteiger partial charge in [0.1, 0.15) is 17.2 Å². The number of aromatic nitrogens is 5. The van der Waals surface area contributed by atoms with Gasteiger partial charge in [0.05, 0.1) is 30.6 Å². The second-order valence-corrected chi connectivity index (χ2v) is 8.21. The van der Waals surface area contributed by atoms with Gasteiger partial charge in [-0.15, -0.1) is 10.2 Å². The van der Waals surface area contributed by atoms with Gasteiger partial charge in [-0.3, -0.25) is 4.57 Å². The summed E-state index contributed by atoms with van der Waals surface area (Å²) in [4.78, 5) is 4.65. The van der Waals surface area contributed by atoms with Crippen molar-refractivity contribution in [2.24, 2.45) is 0 Å². The molecule has 0 saturated heterocycles. The van der Waals surface area contributed by atoms with Crippen molar-refractivity contribution < 1.29 is 9.15 Å². The van der Waals surface area contributed by atoms with Crippen molar-refractivity contribution in [3.63, 3.8) is 0 Å². The fraction of sp³-hybridized carbons (Fsp3) is 0.136. The van der Waals surface area contributed by atoms with Crippen LogP contribution in [0.4, 0.5) is 0 Å². The minimum Gasteiger partial charge on any atom is -0.497 e. The SMILES string of the molecule is COc1ccc(-c2nnc(SCc3cn4cc(Cl)ccc4n3)n2Cc2ccco2)cc1. The van der Waals surface area contributed by atoms with Gasteiger partial charge < -0.3 is 13.6 Å². The van der Waals surface area contributed by atoms with Gasteiger partial charge in [0.2, 0.25) is 0 Å². The largest absolute Gasteiger partial charge is 0.497 e. The first-order valence-corrected chi connectivity index (χ1v) is 10.9. The van der Waals surface area contributed by atoms with Crippen LogP contribution < -0.4 is 4.74 Å². The number of benzene rings is 1. The fourth-order valence-corrected chi connectivity index (χ4v) is 4.26. The Hall–Kier alpha value is -3.23. The Balaban J connectivity index is 1.44. The molecule has 0 saturated carbocycles. The van der Waals surface area contributed by atoms with Crippen molar-refractivity contribution in [1.29, 1.82) is 0 Å². The molecule has 0 radical (unpaired) electrons. The minimum absolute atomic E-state index is 0.532. The van der Waals surface area contributed by atoms with E-state index in [2.05, 4.69) is 19.7 Å². The third-order valence-electron chi connectivity index (χ3n) is 4.77. The molecular formula is C22H18ClN5O2S. The average Bonchev–Trinajstić information content (AvgIpc) is 3.52. The molecule has 0 N–H and O–H groups in total. The molecule has 5 rings (SSSR count). The van der Waals surface area contributed by atoms with Crippen LogP contribution in [-0.4, -0.2) is 31.3 Å². The lowest BCUT2D eigenvalue weighted by atomic mass is 10.2. The lowest BCUT2D eigenvalue weighted by Crippen LogP contribution is -2.03. The summed E-state index contributed by atoms with van der Waals surface area (Å²) >= 11 is 7.66. The average molecular weight is 452 g/mol. The summed E-state index contributed by atoms with van der Waals surface area (Å²) in [5.74, 6) is 3.04. The number of hydrogen-bond acceptors (Lipinski definition) is 6. The maximum atomic E-state index is 6.08. The van der Waals surface area contributed by atoms with Gasteiger partial charge >= 0.3 is 0 Å². The summed E-state index contributed by atoms with van der Waals surface area (Å²) in [7, 11) is 1.65. The van der Waals surface area contributed by atoms with Crippen molar-refractivity contribution >= 4 is 29.0 Å². The van der Waals surface area contributed by atoms with E-state index in [1.807, 2.05) is 65.3 Å². The van der Waals surface area contributed by atoms with Crippen LogP contribution in [0.2, 0.25) is 5.02 Å². The van der Waals surface area contributed by atoms with Crippen LogP contribution in [-0.2, 0) is 12.3 Å². The zero-order valence-electron chi connectivity index (χ0n) is 16.6. The van der Waals surface area contributed by atoms with Crippen LogP contribution in [0.1, 0.15) is 11.5 Å². The van der Waals surface area contributed by atoms with Crippen molar-refractivity contribution in [3.05, 3.63) is 83.7 Å². The molecule has 0 fully saturated rings. The highest BCUT2D eigenvalue weighted by atomic mass is 35.5. The van der Waals surface area contributed by atoms with E-state index in [4.69, 9.17) is 20.8 Å². The highest BCUT2D eigenvalue weighted by Gasteiger charge is 2.17. The Bertz CT molecular complexity index is 1310. The van der Waals surface area contributed by atoms with Crippen LogP contribution in [0.5, 0.6) is 5.75 Å². The molecule has 4 heterocycles. The monoisotopic (exact) mass is 451 g/mol. The smallest absolute Gasteiger partial charge is 0.192 e. The molecule has 0 spiro atoms. The van der Waals surface area contributed by atoms with Gasteiger partial charge in [0.15, 0.2) is 11.0 Å². The zero-order chi connectivity index (χ0) is 21.2. The number of furan rings is 1. The molecule has 0 atom stereocenters. The Morgan fingerprint density at radius 1 is 1.06 bits per heavy atom. The summed E-state index contributed by atoms with van der Waals surface area (Å²) in [6.07, 6.45) is 5.49. The molecule has 0 aliphatic heterocycles. The van der Waals surface area contributed by atoms with Crippen LogP contribution in [0.15, 0.2) is 76.8 Å². The number of rotatable bonds is 7. The van der Waals surface area contributed by atoms with Crippen LogP contribution in [0.3, 0.4) is 0 Å². The molecule has 0 bridgehead atoms. The Kier molecular flexibility index (Phi) is 5.40. The second kappa shape index (κ2) is 8.49. The predicted molar refractivity (Wildman–Crippen MR) is 120 cm³/mol. The third kappa shape index (κ3) is 4.17. The van der Waals surface area contributed by atoms with E-state index in [-0.39, 0.29) is 0 Å². The maximum Gasteiger partial charge on any atom is 0.192 e. The maximum absolute atomic E-state index is 6.08. The highest BCUT2D eigenvalue weighted by Crippen LogP contribution is 2.28. The molecule has 0 unspecified atom stereocenters. The quantitative estimate of drug-likeness (QED) is 0.317. The first-order valence-electron chi connectivity index (χ1n) is 9.55. The van der Waals surface area contributed by atoms with Crippen molar-refractivity contribution in [1.82, 2.24) is 24.1 Å². The van der Waals surface area contributed by atoms with Gasteiger partial charge in [0, 0.05) is 23.7 Å². The minimum atomic E-state index is 0.532. The molecule has 0 aliphatic carbocycles. The van der Waals surface area contributed by atoms with Gasteiger partial charge in [-0.25, -0.2) is 4.98 Å². The number of fused-ring (bicyclic) bond motifs is 1. The highest BCUT2D eigenvalue weighted by molar-refractivity contribution is 7.98. The van der Waals surface area contributed by atoms with E-state index in [0.717, 1.165) is 39.4 Å². The van der Waals surface area contributed by atoms with E-state index >= 15 is 0 Å². The van der Waals surface area contributed by atoms with Gasteiger partial charge in [0.25, 0.3) is 0 Å². The topological polar surface area (TPSA) is 70.4 Å². The number of methoxy groups -OCH3 is 1. The first-order chi connectivity index (χ1) is 15.2. The van der Waals surface area contributed by atoms with Crippen LogP contribution in [0.25, 0.3) is 17.0 Å². The Morgan fingerprint density at radius 2 is 1.94 bits per heavy atom. The fourth-order valence-electron chi connectivity index (χ4n) is 3.28. The predicted octanol–water partition coefficient (Wildman–Crippen LogP) is 5.19. The van der Waals surface area contributed by atoms with Gasteiger partial charge in [-0.1, -0.05) is 23.4 Å². The molecule has 5 aromatic rings. The lowest BCUT2D eigenvalue weighted by Gasteiger charge is -2.09. The number of pyridine rings is 1. The number of halogens is 1. The van der Waals surface area contributed by atoms with Gasteiger partial charge in [-0.05, 0) is 48.5 Å². The zero-order valence-corrected chi connectivity index (χ0v) is 18.2. The number of ether oxygens (including phenoxy) is 1. The van der Waals surface area contributed by atoms with Crippen molar-refractivity contribution in [2.45, 2.75) is 17.5 Å².